The maximum atomic E-state index is 12.6. The fraction of sp³-hybridized carbons (Fsp3) is 0.250. The summed E-state index contributed by atoms with van der Waals surface area (Å²) in [5.41, 5.74) is -1.72. The molecule has 1 rings (SSSR count). The summed E-state index contributed by atoms with van der Waals surface area (Å²) in [4.78, 5) is 10.7. The standard InChI is InChI=1S/C12H11F3O3/c13-12(14,15)10-7-8(3-1-2-6-16)4-5-9(10)11(17)18/h1,3-5,7,16H,2,6H2,(H,17,18). The van der Waals surface area contributed by atoms with Crippen molar-refractivity contribution in [3.63, 3.8) is 0 Å². The van der Waals surface area contributed by atoms with E-state index in [4.69, 9.17) is 10.2 Å². The number of carboxylic acid groups (broad SMARTS) is 1. The van der Waals surface area contributed by atoms with Gasteiger partial charge in [-0.2, -0.15) is 13.2 Å². The first-order chi connectivity index (χ1) is 8.36. The van der Waals surface area contributed by atoms with E-state index in [0.717, 1.165) is 12.1 Å². The van der Waals surface area contributed by atoms with Crippen LogP contribution in [0.15, 0.2) is 24.3 Å². The van der Waals surface area contributed by atoms with E-state index < -0.39 is 23.3 Å². The van der Waals surface area contributed by atoms with Gasteiger partial charge < -0.3 is 10.2 Å². The van der Waals surface area contributed by atoms with Gasteiger partial charge >= 0.3 is 12.1 Å². The lowest BCUT2D eigenvalue weighted by atomic mass is 10.0. The minimum atomic E-state index is -4.71. The summed E-state index contributed by atoms with van der Waals surface area (Å²) in [6.07, 6.45) is -1.48. The van der Waals surface area contributed by atoms with Gasteiger partial charge in [0, 0.05) is 6.61 Å². The van der Waals surface area contributed by atoms with E-state index in [9.17, 15) is 18.0 Å². The molecule has 0 unspecified atom stereocenters. The highest BCUT2D eigenvalue weighted by atomic mass is 19.4. The molecule has 0 aromatic heterocycles. The predicted molar refractivity (Wildman–Crippen MR) is 59.1 cm³/mol. The zero-order chi connectivity index (χ0) is 13.8. The zero-order valence-electron chi connectivity index (χ0n) is 9.24. The van der Waals surface area contributed by atoms with Crippen LogP contribution in [0.5, 0.6) is 0 Å². The molecular formula is C12H11F3O3. The van der Waals surface area contributed by atoms with Gasteiger partial charge in [-0.25, -0.2) is 4.79 Å². The zero-order valence-corrected chi connectivity index (χ0v) is 9.24. The Morgan fingerprint density at radius 1 is 1.33 bits per heavy atom. The average Bonchev–Trinajstić information content (AvgIpc) is 2.28. The highest BCUT2D eigenvalue weighted by molar-refractivity contribution is 5.90. The van der Waals surface area contributed by atoms with Crippen LogP contribution >= 0.6 is 0 Å². The van der Waals surface area contributed by atoms with Crippen molar-refractivity contribution in [3.8, 4) is 0 Å². The van der Waals surface area contributed by atoms with E-state index in [2.05, 4.69) is 0 Å². The van der Waals surface area contributed by atoms with E-state index in [-0.39, 0.29) is 12.2 Å². The Morgan fingerprint density at radius 3 is 2.50 bits per heavy atom. The van der Waals surface area contributed by atoms with Crippen LogP contribution in [0.1, 0.15) is 27.9 Å². The van der Waals surface area contributed by atoms with Crippen LogP contribution in [0.25, 0.3) is 6.08 Å². The number of aliphatic hydroxyl groups excluding tert-OH is 1. The van der Waals surface area contributed by atoms with E-state index >= 15 is 0 Å². The number of hydrogen-bond donors (Lipinski definition) is 2. The molecule has 1 aromatic rings. The van der Waals surface area contributed by atoms with Crippen molar-refractivity contribution in [1.29, 1.82) is 0 Å². The van der Waals surface area contributed by atoms with Gasteiger partial charge in [-0.3, -0.25) is 0 Å². The van der Waals surface area contributed by atoms with E-state index in [1.807, 2.05) is 0 Å². The number of alkyl halides is 3. The molecule has 0 aliphatic heterocycles. The third-order valence-corrected chi connectivity index (χ3v) is 2.19. The summed E-state index contributed by atoms with van der Waals surface area (Å²) in [6, 6.07) is 2.98. The maximum absolute atomic E-state index is 12.6. The van der Waals surface area contributed by atoms with Crippen LogP contribution < -0.4 is 0 Å². The first-order valence-corrected chi connectivity index (χ1v) is 5.08. The molecule has 0 heterocycles. The number of carboxylic acids is 1. The van der Waals surface area contributed by atoms with Crippen LogP contribution in [-0.4, -0.2) is 22.8 Å². The summed E-state index contributed by atoms with van der Waals surface area (Å²) < 4.78 is 37.9. The molecule has 2 N–H and O–H groups in total. The van der Waals surface area contributed by atoms with Gasteiger partial charge in [-0.05, 0) is 24.1 Å². The fourth-order valence-corrected chi connectivity index (χ4v) is 1.38. The smallest absolute Gasteiger partial charge is 0.417 e. The average molecular weight is 260 g/mol. The van der Waals surface area contributed by atoms with Crippen LogP contribution in [0, 0.1) is 0 Å². The summed E-state index contributed by atoms with van der Waals surface area (Å²) >= 11 is 0. The van der Waals surface area contributed by atoms with Crippen molar-refractivity contribution in [1.82, 2.24) is 0 Å². The molecule has 0 aliphatic rings. The Morgan fingerprint density at radius 2 is 2.00 bits per heavy atom. The third kappa shape index (κ3) is 3.59. The number of benzene rings is 1. The van der Waals surface area contributed by atoms with Crippen LogP contribution in [0.4, 0.5) is 13.2 Å². The number of hydrogen-bond acceptors (Lipinski definition) is 2. The molecule has 0 bridgehead atoms. The van der Waals surface area contributed by atoms with Crippen LogP contribution in [0.2, 0.25) is 0 Å². The molecule has 3 nitrogen and oxygen atoms in total. The third-order valence-electron chi connectivity index (χ3n) is 2.19. The Balaban J connectivity index is 3.18. The van der Waals surface area contributed by atoms with Crippen LogP contribution in [0.3, 0.4) is 0 Å². The summed E-state index contributed by atoms with van der Waals surface area (Å²) in [5, 5.41) is 17.2. The van der Waals surface area contributed by atoms with Gasteiger partial charge in [0.15, 0.2) is 0 Å². The van der Waals surface area contributed by atoms with Crippen molar-refractivity contribution in [3.05, 3.63) is 41.0 Å². The maximum Gasteiger partial charge on any atom is 0.417 e. The highest BCUT2D eigenvalue weighted by Gasteiger charge is 2.35. The van der Waals surface area contributed by atoms with Crippen molar-refractivity contribution in [2.24, 2.45) is 0 Å². The molecule has 6 heteroatoms. The fourth-order valence-electron chi connectivity index (χ4n) is 1.38. The summed E-state index contributed by atoms with van der Waals surface area (Å²) in [5.74, 6) is -1.62. The molecule has 18 heavy (non-hydrogen) atoms. The van der Waals surface area contributed by atoms with Crippen molar-refractivity contribution in [2.75, 3.05) is 6.61 Å². The lowest BCUT2D eigenvalue weighted by Crippen LogP contribution is -2.13. The topological polar surface area (TPSA) is 57.5 Å². The van der Waals surface area contributed by atoms with Crippen molar-refractivity contribution in [2.45, 2.75) is 12.6 Å². The quantitative estimate of drug-likeness (QED) is 0.875. The Kier molecular flexibility index (Phi) is 4.49. The monoisotopic (exact) mass is 260 g/mol. The Labute approximate surface area is 101 Å². The number of aliphatic hydroxyl groups is 1. The first-order valence-electron chi connectivity index (χ1n) is 5.08. The van der Waals surface area contributed by atoms with Gasteiger partial charge in [0.05, 0.1) is 11.1 Å². The number of carbonyl (C=O) groups is 1. The van der Waals surface area contributed by atoms with Gasteiger partial charge in [0.1, 0.15) is 0 Å². The number of rotatable bonds is 4. The largest absolute Gasteiger partial charge is 0.478 e. The van der Waals surface area contributed by atoms with Gasteiger partial charge in [-0.15, -0.1) is 0 Å². The van der Waals surface area contributed by atoms with Gasteiger partial charge in [-0.1, -0.05) is 18.2 Å². The molecule has 98 valence electrons. The Hall–Kier alpha value is -1.82. The second-order valence-electron chi connectivity index (χ2n) is 3.52. The molecule has 1 aromatic carbocycles. The minimum absolute atomic E-state index is 0.101. The summed E-state index contributed by atoms with van der Waals surface area (Å²) in [7, 11) is 0. The second-order valence-corrected chi connectivity index (χ2v) is 3.52. The Bertz CT molecular complexity index is 464. The highest BCUT2D eigenvalue weighted by Crippen LogP contribution is 2.33. The lowest BCUT2D eigenvalue weighted by Gasteiger charge is -2.10. The van der Waals surface area contributed by atoms with Gasteiger partial charge in [0.25, 0.3) is 0 Å². The van der Waals surface area contributed by atoms with E-state index in [0.29, 0.717) is 6.42 Å². The second kappa shape index (κ2) is 5.68. The predicted octanol–water partition coefficient (Wildman–Crippen LogP) is 2.80. The van der Waals surface area contributed by atoms with Crippen LogP contribution in [-0.2, 0) is 6.18 Å². The molecule has 0 radical (unpaired) electrons. The molecular weight excluding hydrogens is 249 g/mol. The normalized spacial score (nSPS) is 12.0. The summed E-state index contributed by atoms with van der Waals surface area (Å²) in [6.45, 7) is -0.101. The molecule has 0 aliphatic carbocycles. The number of aromatic carboxylic acids is 1. The minimum Gasteiger partial charge on any atom is -0.478 e. The van der Waals surface area contributed by atoms with Crippen molar-refractivity contribution >= 4 is 12.0 Å². The lowest BCUT2D eigenvalue weighted by molar-refractivity contribution is -0.138. The first kappa shape index (κ1) is 14.2. The van der Waals surface area contributed by atoms with E-state index in [1.165, 1.54) is 18.2 Å². The SMILES string of the molecule is O=C(O)c1ccc(C=CCCO)cc1C(F)(F)F. The molecule has 0 saturated carbocycles. The van der Waals surface area contributed by atoms with E-state index in [1.54, 1.807) is 0 Å². The molecule has 0 fully saturated rings. The van der Waals surface area contributed by atoms with Gasteiger partial charge in [0.2, 0.25) is 0 Å². The number of halogens is 3. The molecule has 0 amide bonds. The van der Waals surface area contributed by atoms with Crippen molar-refractivity contribution < 1.29 is 28.2 Å². The molecule has 0 saturated heterocycles. The molecule has 0 atom stereocenters. The molecule has 0 spiro atoms.